The Morgan fingerprint density at radius 2 is 2.05 bits per heavy atom. The summed E-state index contributed by atoms with van der Waals surface area (Å²) in [6.45, 7) is 2.04. The van der Waals surface area contributed by atoms with Crippen LogP contribution in [0, 0.1) is 12.8 Å². The zero-order valence-corrected chi connectivity index (χ0v) is 12.2. The summed E-state index contributed by atoms with van der Waals surface area (Å²) in [6, 6.07) is 8.54. The number of carbonyl (C=O) groups excluding carboxylic acids is 1. The van der Waals surface area contributed by atoms with Crippen LogP contribution in [0.2, 0.25) is 0 Å². The van der Waals surface area contributed by atoms with Crippen LogP contribution in [0.4, 0.5) is 5.69 Å². The Morgan fingerprint density at radius 3 is 2.90 bits per heavy atom. The van der Waals surface area contributed by atoms with E-state index in [0.29, 0.717) is 6.04 Å². The van der Waals surface area contributed by atoms with Gasteiger partial charge in [0.2, 0.25) is 5.91 Å². The number of nitrogens with one attached hydrogen (secondary N) is 2. The van der Waals surface area contributed by atoms with Crippen molar-refractivity contribution in [1.82, 2.24) is 5.32 Å². The van der Waals surface area contributed by atoms with Gasteiger partial charge in [-0.2, -0.15) is 0 Å². The van der Waals surface area contributed by atoms with Gasteiger partial charge in [-0.1, -0.05) is 25.0 Å². The van der Waals surface area contributed by atoms with Gasteiger partial charge in [-0.15, -0.1) is 0 Å². The van der Waals surface area contributed by atoms with Crippen molar-refractivity contribution in [2.75, 3.05) is 5.32 Å². The number of fused-ring (bicyclic) bond motifs is 1. The average molecular weight is 272 g/mol. The normalized spacial score (nSPS) is 29.6. The Morgan fingerprint density at radius 1 is 1.20 bits per heavy atom. The third-order valence-electron chi connectivity index (χ3n) is 4.75. The SMILES string of the molecule is Cc1cccc(NC(=O)C2CCC3CCCCC3N2)c1. The number of aryl methyl sites for hydroxylation is 1. The minimum absolute atomic E-state index is 0.0186. The van der Waals surface area contributed by atoms with Gasteiger partial charge in [-0.25, -0.2) is 0 Å². The lowest BCUT2D eigenvalue weighted by Crippen LogP contribution is -2.53. The molecule has 0 spiro atoms. The molecule has 2 fully saturated rings. The molecule has 3 nitrogen and oxygen atoms in total. The van der Waals surface area contributed by atoms with E-state index in [2.05, 4.69) is 10.6 Å². The lowest BCUT2D eigenvalue weighted by molar-refractivity contribution is -0.119. The molecule has 0 radical (unpaired) electrons. The molecule has 1 aromatic carbocycles. The van der Waals surface area contributed by atoms with Crippen LogP contribution in [0.1, 0.15) is 44.1 Å². The van der Waals surface area contributed by atoms with Gasteiger partial charge in [0.05, 0.1) is 6.04 Å². The van der Waals surface area contributed by atoms with Gasteiger partial charge in [0, 0.05) is 11.7 Å². The van der Waals surface area contributed by atoms with Gasteiger partial charge in [-0.3, -0.25) is 4.79 Å². The number of amides is 1. The molecule has 3 atom stereocenters. The van der Waals surface area contributed by atoms with Crippen molar-refractivity contribution in [3.63, 3.8) is 0 Å². The Kier molecular flexibility index (Phi) is 4.06. The maximum Gasteiger partial charge on any atom is 0.241 e. The monoisotopic (exact) mass is 272 g/mol. The van der Waals surface area contributed by atoms with Crippen LogP contribution in [-0.2, 0) is 4.79 Å². The number of hydrogen-bond donors (Lipinski definition) is 2. The summed E-state index contributed by atoms with van der Waals surface area (Å²) in [5.74, 6) is 0.923. The molecule has 1 amide bonds. The Bertz CT molecular complexity index is 486. The first-order valence-corrected chi connectivity index (χ1v) is 7.86. The topological polar surface area (TPSA) is 41.1 Å². The second kappa shape index (κ2) is 5.96. The van der Waals surface area contributed by atoms with Crippen molar-refractivity contribution in [2.24, 2.45) is 5.92 Å². The quantitative estimate of drug-likeness (QED) is 0.867. The molecule has 2 N–H and O–H groups in total. The molecule has 108 valence electrons. The molecule has 0 bridgehead atoms. The minimum atomic E-state index is -0.0186. The number of rotatable bonds is 2. The van der Waals surface area contributed by atoms with Crippen LogP contribution in [0.3, 0.4) is 0 Å². The van der Waals surface area contributed by atoms with E-state index in [4.69, 9.17) is 0 Å². The maximum atomic E-state index is 12.4. The molecule has 3 rings (SSSR count). The highest BCUT2D eigenvalue weighted by atomic mass is 16.2. The third-order valence-corrected chi connectivity index (χ3v) is 4.75. The largest absolute Gasteiger partial charge is 0.325 e. The van der Waals surface area contributed by atoms with Crippen LogP contribution in [-0.4, -0.2) is 18.0 Å². The van der Waals surface area contributed by atoms with E-state index in [9.17, 15) is 4.79 Å². The first kappa shape index (κ1) is 13.6. The number of piperidine rings is 1. The van der Waals surface area contributed by atoms with Crippen LogP contribution in [0.15, 0.2) is 24.3 Å². The standard InChI is InChI=1S/C17H24N2O/c1-12-5-4-7-14(11-12)18-17(20)16-10-9-13-6-2-3-8-15(13)19-16/h4-5,7,11,13,15-16,19H,2-3,6,8-10H2,1H3,(H,18,20). The number of hydrogen-bond acceptors (Lipinski definition) is 2. The van der Waals surface area contributed by atoms with E-state index in [1.165, 1.54) is 37.7 Å². The van der Waals surface area contributed by atoms with Crippen LogP contribution in [0.25, 0.3) is 0 Å². The van der Waals surface area contributed by atoms with E-state index in [1.54, 1.807) is 0 Å². The van der Waals surface area contributed by atoms with Crippen molar-refractivity contribution < 1.29 is 4.79 Å². The van der Waals surface area contributed by atoms with E-state index in [-0.39, 0.29) is 11.9 Å². The molecular formula is C17H24N2O. The molecule has 2 aliphatic rings. The highest BCUT2D eigenvalue weighted by Crippen LogP contribution is 2.32. The zero-order chi connectivity index (χ0) is 13.9. The predicted molar refractivity (Wildman–Crippen MR) is 81.7 cm³/mol. The lowest BCUT2D eigenvalue weighted by Gasteiger charge is -2.39. The first-order valence-electron chi connectivity index (χ1n) is 7.86. The van der Waals surface area contributed by atoms with Crippen LogP contribution >= 0.6 is 0 Å². The van der Waals surface area contributed by atoms with E-state index >= 15 is 0 Å². The van der Waals surface area contributed by atoms with Crippen molar-refractivity contribution in [3.8, 4) is 0 Å². The fourth-order valence-corrected chi connectivity index (χ4v) is 3.65. The summed E-state index contributed by atoms with van der Waals surface area (Å²) in [7, 11) is 0. The Hall–Kier alpha value is -1.35. The lowest BCUT2D eigenvalue weighted by atomic mass is 9.77. The van der Waals surface area contributed by atoms with Crippen LogP contribution in [0.5, 0.6) is 0 Å². The van der Waals surface area contributed by atoms with Crippen LogP contribution < -0.4 is 10.6 Å². The molecular weight excluding hydrogens is 248 g/mol. The highest BCUT2D eigenvalue weighted by Gasteiger charge is 2.34. The molecule has 0 aromatic heterocycles. The van der Waals surface area contributed by atoms with E-state index in [0.717, 1.165) is 18.0 Å². The average Bonchev–Trinajstić information content (AvgIpc) is 2.47. The fourth-order valence-electron chi connectivity index (χ4n) is 3.65. The van der Waals surface area contributed by atoms with E-state index in [1.807, 2.05) is 31.2 Å². The summed E-state index contributed by atoms with van der Waals surface area (Å²) in [6.07, 6.45) is 7.41. The summed E-state index contributed by atoms with van der Waals surface area (Å²) in [4.78, 5) is 12.4. The van der Waals surface area contributed by atoms with Gasteiger partial charge in [0.1, 0.15) is 0 Å². The highest BCUT2D eigenvalue weighted by molar-refractivity contribution is 5.95. The smallest absolute Gasteiger partial charge is 0.241 e. The van der Waals surface area contributed by atoms with Gasteiger partial charge in [0.15, 0.2) is 0 Å². The Labute approximate surface area is 121 Å². The van der Waals surface area contributed by atoms with Crippen molar-refractivity contribution in [3.05, 3.63) is 29.8 Å². The summed E-state index contributed by atoms with van der Waals surface area (Å²) >= 11 is 0. The molecule has 1 saturated carbocycles. The molecule has 3 heteroatoms. The summed E-state index contributed by atoms with van der Waals surface area (Å²) < 4.78 is 0. The van der Waals surface area contributed by atoms with Gasteiger partial charge in [0.25, 0.3) is 0 Å². The molecule has 1 aromatic rings. The second-order valence-corrected chi connectivity index (χ2v) is 6.31. The number of carbonyl (C=O) groups is 1. The molecule has 1 saturated heterocycles. The minimum Gasteiger partial charge on any atom is -0.325 e. The molecule has 1 aliphatic heterocycles. The molecule has 20 heavy (non-hydrogen) atoms. The molecule has 1 aliphatic carbocycles. The van der Waals surface area contributed by atoms with Crippen molar-refractivity contribution >= 4 is 11.6 Å². The maximum absolute atomic E-state index is 12.4. The fraction of sp³-hybridized carbons (Fsp3) is 0.588. The Balaban J connectivity index is 1.60. The van der Waals surface area contributed by atoms with E-state index < -0.39 is 0 Å². The zero-order valence-electron chi connectivity index (χ0n) is 12.2. The summed E-state index contributed by atoms with van der Waals surface area (Å²) in [5, 5.41) is 6.62. The van der Waals surface area contributed by atoms with Crippen molar-refractivity contribution in [2.45, 2.75) is 57.5 Å². The summed E-state index contributed by atoms with van der Waals surface area (Å²) in [5.41, 5.74) is 2.08. The predicted octanol–water partition coefficient (Wildman–Crippen LogP) is 3.24. The number of anilines is 1. The van der Waals surface area contributed by atoms with Gasteiger partial charge in [-0.05, 0) is 56.2 Å². The molecule has 3 unspecified atom stereocenters. The van der Waals surface area contributed by atoms with Crippen molar-refractivity contribution in [1.29, 1.82) is 0 Å². The first-order chi connectivity index (χ1) is 9.72. The van der Waals surface area contributed by atoms with Gasteiger partial charge >= 0.3 is 0 Å². The third kappa shape index (κ3) is 3.04. The number of benzene rings is 1. The second-order valence-electron chi connectivity index (χ2n) is 6.31. The molecule has 1 heterocycles. The van der Waals surface area contributed by atoms with Gasteiger partial charge < -0.3 is 10.6 Å².